The highest BCUT2D eigenvalue weighted by atomic mass is 35.5. The zero-order valence-corrected chi connectivity index (χ0v) is 14.7. The van der Waals surface area contributed by atoms with Gasteiger partial charge >= 0.3 is 0 Å². The van der Waals surface area contributed by atoms with E-state index in [4.69, 9.17) is 16.6 Å². The summed E-state index contributed by atoms with van der Waals surface area (Å²) in [6, 6.07) is 0. The number of aromatic nitrogens is 6. The fourth-order valence-electron chi connectivity index (χ4n) is 3.53. The number of H-pyrrole nitrogens is 1. The van der Waals surface area contributed by atoms with Gasteiger partial charge in [0.15, 0.2) is 5.65 Å². The van der Waals surface area contributed by atoms with Crippen LogP contribution in [0, 0.1) is 5.92 Å². The molecular formula is C16H15ClN6S. The van der Waals surface area contributed by atoms with Gasteiger partial charge in [-0.2, -0.15) is 5.10 Å². The number of thiophene rings is 1. The summed E-state index contributed by atoms with van der Waals surface area (Å²) in [5, 5.41) is 13.0. The van der Waals surface area contributed by atoms with Crippen molar-refractivity contribution in [2.45, 2.75) is 32.6 Å². The van der Waals surface area contributed by atoms with E-state index in [1.54, 1.807) is 28.4 Å². The molecule has 1 N–H and O–H groups in total. The lowest BCUT2D eigenvalue weighted by atomic mass is 9.86. The van der Waals surface area contributed by atoms with Crippen LogP contribution in [0.3, 0.4) is 0 Å². The average Bonchev–Trinajstić information content (AvgIpc) is 3.28. The molecular weight excluding hydrogens is 344 g/mol. The number of nitrogens with one attached hydrogen (secondary N) is 1. The lowest BCUT2D eigenvalue weighted by Crippen LogP contribution is -2.11. The zero-order valence-electron chi connectivity index (χ0n) is 13.1. The molecule has 5 rings (SSSR count). The first-order chi connectivity index (χ1) is 11.7. The van der Waals surface area contributed by atoms with Gasteiger partial charge in [-0.05, 0) is 30.7 Å². The van der Waals surface area contributed by atoms with E-state index in [1.807, 2.05) is 0 Å². The maximum Gasteiger partial charge on any atom is 0.201 e. The van der Waals surface area contributed by atoms with Crippen molar-refractivity contribution in [3.63, 3.8) is 0 Å². The molecule has 0 aliphatic heterocycles. The lowest BCUT2D eigenvalue weighted by Gasteiger charge is -2.20. The Labute approximate surface area is 146 Å². The molecule has 1 aliphatic carbocycles. The fraction of sp³-hybridized carbons (Fsp3) is 0.375. The first-order valence-corrected chi connectivity index (χ1v) is 9.29. The summed E-state index contributed by atoms with van der Waals surface area (Å²) in [7, 11) is 0. The number of aromatic amines is 1. The fourth-order valence-corrected chi connectivity index (χ4v) is 5.00. The molecule has 122 valence electrons. The van der Waals surface area contributed by atoms with E-state index in [0.29, 0.717) is 16.5 Å². The van der Waals surface area contributed by atoms with Crippen molar-refractivity contribution in [3.05, 3.63) is 28.0 Å². The molecule has 0 bridgehead atoms. The molecule has 1 unspecified atom stereocenters. The molecule has 0 fully saturated rings. The first kappa shape index (κ1) is 14.4. The summed E-state index contributed by atoms with van der Waals surface area (Å²) in [6.45, 7) is 2.28. The molecule has 0 aromatic carbocycles. The Morgan fingerprint density at radius 3 is 3.17 bits per heavy atom. The Bertz CT molecular complexity index is 1060. The van der Waals surface area contributed by atoms with Crippen LogP contribution in [0.1, 0.15) is 30.2 Å². The largest absolute Gasteiger partial charge is 0.273 e. The van der Waals surface area contributed by atoms with Gasteiger partial charge < -0.3 is 0 Å². The summed E-state index contributed by atoms with van der Waals surface area (Å²) >= 11 is 7.95. The summed E-state index contributed by atoms with van der Waals surface area (Å²) in [6.07, 6.45) is 8.04. The molecule has 4 aromatic rings. The molecule has 6 nitrogen and oxygen atoms in total. The van der Waals surface area contributed by atoms with Crippen LogP contribution in [-0.2, 0) is 12.8 Å². The third-order valence-corrected chi connectivity index (χ3v) is 6.33. The summed E-state index contributed by atoms with van der Waals surface area (Å²) in [4.78, 5) is 11.8. The Kier molecular flexibility index (Phi) is 3.14. The quantitative estimate of drug-likeness (QED) is 0.590. The second kappa shape index (κ2) is 5.26. The van der Waals surface area contributed by atoms with Crippen LogP contribution in [0.15, 0.2) is 12.5 Å². The van der Waals surface area contributed by atoms with E-state index in [-0.39, 0.29) is 0 Å². The highest BCUT2D eigenvalue weighted by Crippen LogP contribution is 2.39. The minimum Gasteiger partial charge on any atom is -0.273 e. The number of hydrogen-bond donors (Lipinski definition) is 1. The van der Waals surface area contributed by atoms with Gasteiger partial charge in [0.25, 0.3) is 0 Å². The number of rotatable bonds is 2. The Balaban J connectivity index is 1.74. The molecule has 0 spiro atoms. The molecule has 4 aromatic heterocycles. The van der Waals surface area contributed by atoms with Crippen LogP contribution in [0.2, 0.25) is 5.02 Å². The Hall–Kier alpha value is -1.99. The number of aryl methyl sites for hydroxylation is 1. The molecule has 0 saturated heterocycles. The molecule has 8 heteroatoms. The maximum absolute atomic E-state index is 6.15. The van der Waals surface area contributed by atoms with Gasteiger partial charge in [-0.25, -0.2) is 14.5 Å². The van der Waals surface area contributed by atoms with Crippen LogP contribution in [-0.4, -0.2) is 29.8 Å². The number of nitrogens with zero attached hydrogens (tertiary/aromatic N) is 5. The molecule has 1 atom stereocenters. The molecule has 0 amide bonds. The second-order valence-electron chi connectivity index (χ2n) is 6.24. The van der Waals surface area contributed by atoms with E-state index >= 15 is 0 Å². The van der Waals surface area contributed by atoms with Crippen molar-refractivity contribution in [2.24, 2.45) is 5.92 Å². The number of hydrogen-bond acceptors (Lipinski definition) is 5. The predicted molar refractivity (Wildman–Crippen MR) is 94.6 cm³/mol. The summed E-state index contributed by atoms with van der Waals surface area (Å²) < 4.78 is 1.74. The summed E-state index contributed by atoms with van der Waals surface area (Å²) in [5.74, 6) is 1.34. The smallest absolute Gasteiger partial charge is 0.201 e. The molecule has 4 heterocycles. The van der Waals surface area contributed by atoms with E-state index in [1.165, 1.54) is 23.3 Å². The van der Waals surface area contributed by atoms with E-state index in [2.05, 4.69) is 27.2 Å². The van der Waals surface area contributed by atoms with Crippen molar-refractivity contribution in [1.82, 2.24) is 29.8 Å². The second-order valence-corrected chi connectivity index (χ2v) is 7.73. The van der Waals surface area contributed by atoms with Gasteiger partial charge in [-0.3, -0.25) is 5.10 Å². The highest BCUT2D eigenvalue weighted by molar-refractivity contribution is 7.19. The highest BCUT2D eigenvalue weighted by Gasteiger charge is 2.25. The lowest BCUT2D eigenvalue weighted by molar-refractivity contribution is 0.451. The third kappa shape index (κ3) is 2.01. The standard InChI is InChI=1S/C16H15ClN6S/c1-2-8-3-4-9-11(5-8)24-16-12(9)15-20-14(22-23(15)7-18-16)13-10(17)6-19-21-13/h6-8H,2-5H2,1H3,(H,19,21). The molecule has 24 heavy (non-hydrogen) atoms. The Morgan fingerprint density at radius 1 is 1.46 bits per heavy atom. The minimum atomic E-state index is 0.522. The predicted octanol–water partition coefficient (Wildman–Crippen LogP) is 3.90. The molecule has 0 saturated carbocycles. The van der Waals surface area contributed by atoms with E-state index < -0.39 is 0 Å². The van der Waals surface area contributed by atoms with E-state index in [0.717, 1.165) is 34.6 Å². The normalized spacial score (nSPS) is 17.7. The third-order valence-electron chi connectivity index (χ3n) is 4.88. The average molecular weight is 359 g/mol. The Morgan fingerprint density at radius 2 is 2.38 bits per heavy atom. The van der Waals surface area contributed by atoms with E-state index in [9.17, 15) is 0 Å². The first-order valence-electron chi connectivity index (χ1n) is 8.09. The van der Waals surface area contributed by atoms with Gasteiger partial charge in [-0.1, -0.05) is 24.9 Å². The van der Waals surface area contributed by atoms with Crippen molar-refractivity contribution < 1.29 is 0 Å². The summed E-state index contributed by atoms with van der Waals surface area (Å²) in [5.41, 5.74) is 2.91. The van der Waals surface area contributed by atoms with Crippen molar-refractivity contribution in [1.29, 1.82) is 0 Å². The zero-order chi connectivity index (χ0) is 16.3. The van der Waals surface area contributed by atoms with Gasteiger partial charge in [0.05, 0.1) is 16.6 Å². The van der Waals surface area contributed by atoms with Crippen molar-refractivity contribution >= 4 is 38.8 Å². The van der Waals surface area contributed by atoms with Gasteiger partial charge in [0.1, 0.15) is 16.9 Å². The van der Waals surface area contributed by atoms with Crippen molar-refractivity contribution in [3.8, 4) is 11.5 Å². The topological polar surface area (TPSA) is 71.8 Å². The van der Waals surface area contributed by atoms with Gasteiger partial charge in [0, 0.05) is 4.88 Å². The number of fused-ring (bicyclic) bond motifs is 5. The van der Waals surface area contributed by atoms with Gasteiger partial charge in [0.2, 0.25) is 5.82 Å². The van der Waals surface area contributed by atoms with Gasteiger partial charge in [-0.15, -0.1) is 16.4 Å². The SMILES string of the molecule is CCC1CCc2c(sc3ncn4nc(-c5[nH]ncc5Cl)nc4c23)C1. The maximum atomic E-state index is 6.15. The van der Waals surface area contributed by atoms with Crippen molar-refractivity contribution in [2.75, 3.05) is 0 Å². The van der Waals surface area contributed by atoms with Crippen LogP contribution >= 0.6 is 22.9 Å². The number of halogens is 1. The van der Waals surface area contributed by atoms with Crippen LogP contribution in [0.4, 0.5) is 0 Å². The van der Waals surface area contributed by atoms with Crippen LogP contribution in [0.25, 0.3) is 27.4 Å². The molecule has 0 radical (unpaired) electrons. The monoisotopic (exact) mass is 358 g/mol. The van der Waals surface area contributed by atoms with Crippen LogP contribution < -0.4 is 0 Å². The van der Waals surface area contributed by atoms with Crippen LogP contribution in [0.5, 0.6) is 0 Å². The minimum absolute atomic E-state index is 0.522. The molecule has 1 aliphatic rings.